The van der Waals surface area contributed by atoms with Crippen molar-refractivity contribution in [1.82, 2.24) is 0 Å². The Bertz CT molecular complexity index is 920. The average Bonchev–Trinajstić information content (AvgIpc) is 2.61. The molecule has 2 atom stereocenters. The minimum atomic E-state index is -3.81. The Hall–Kier alpha value is -2.58. The quantitative estimate of drug-likeness (QED) is 0.831. The van der Waals surface area contributed by atoms with Crippen molar-refractivity contribution >= 4 is 27.4 Å². The van der Waals surface area contributed by atoms with E-state index in [0.717, 1.165) is 0 Å². The van der Waals surface area contributed by atoms with Crippen LogP contribution in [0.2, 0.25) is 0 Å². The molecule has 144 valence electrons. The first-order chi connectivity index (χ1) is 12.8. The van der Waals surface area contributed by atoms with Crippen molar-refractivity contribution in [2.45, 2.75) is 31.0 Å². The summed E-state index contributed by atoms with van der Waals surface area (Å²) in [6.45, 7) is 4.92. The number of nitrogens with zero attached hydrogens (tertiary/aromatic N) is 1. The Kier molecular flexibility index (Phi) is 5.38. The monoisotopic (exact) mass is 389 g/mol. The number of carbonyl (C=O) groups excluding carboxylic acids is 1. The number of sulfonamides is 1. The summed E-state index contributed by atoms with van der Waals surface area (Å²) < 4.78 is 33.0. The van der Waals surface area contributed by atoms with E-state index in [1.54, 1.807) is 30.3 Å². The van der Waals surface area contributed by atoms with Gasteiger partial charge in [-0.25, -0.2) is 8.42 Å². The summed E-state index contributed by atoms with van der Waals surface area (Å²) in [6.07, 6.45) is -0.0840. The third kappa shape index (κ3) is 4.40. The van der Waals surface area contributed by atoms with Gasteiger partial charge < -0.3 is 19.5 Å². The van der Waals surface area contributed by atoms with Crippen LogP contribution in [0.1, 0.15) is 24.2 Å². The first kappa shape index (κ1) is 19.2. The molecule has 1 aliphatic rings. The molecule has 2 aromatic carbocycles. The molecular formula is C19H21N2O5S-. The molecule has 27 heavy (non-hydrogen) atoms. The maximum Gasteiger partial charge on any atom is 0.261 e. The van der Waals surface area contributed by atoms with Crippen molar-refractivity contribution in [3.8, 4) is 0 Å². The van der Waals surface area contributed by atoms with Crippen molar-refractivity contribution in [3.63, 3.8) is 0 Å². The molecule has 7 nitrogen and oxygen atoms in total. The first-order valence-electron chi connectivity index (χ1n) is 8.60. The molecule has 0 radical (unpaired) electrons. The molecule has 0 aromatic heterocycles. The van der Waals surface area contributed by atoms with Crippen molar-refractivity contribution < 1.29 is 23.1 Å². The summed E-state index contributed by atoms with van der Waals surface area (Å²) in [5.74, 6) is -1.36. The third-order valence-corrected chi connectivity index (χ3v) is 5.68. The summed E-state index contributed by atoms with van der Waals surface area (Å²) in [7, 11) is -3.81. The zero-order chi connectivity index (χ0) is 19.6. The topological polar surface area (TPSA) is 98.8 Å². The van der Waals surface area contributed by atoms with Crippen LogP contribution in [0.15, 0.2) is 53.4 Å². The standard InChI is InChI=1S/C19H22N2O5S/c1-13-11-21(12-14(2)26-13)18-9-8-15(10-17(18)19(22)23)20-27(24,25)16-6-4-3-5-7-16/h3-10,13-14,20H,11-12H2,1-2H3,(H,22,23)/p-1/t13-,14-/m1/s1. The normalized spacial score (nSPS) is 20.3. The van der Waals surface area contributed by atoms with E-state index in [1.807, 2.05) is 18.7 Å². The van der Waals surface area contributed by atoms with E-state index in [9.17, 15) is 18.3 Å². The van der Waals surface area contributed by atoms with Gasteiger partial charge in [-0.1, -0.05) is 18.2 Å². The average molecular weight is 389 g/mol. The summed E-state index contributed by atoms with van der Waals surface area (Å²) >= 11 is 0. The van der Waals surface area contributed by atoms with Crippen LogP contribution in [-0.4, -0.2) is 39.7 Å². The number of morpholine rings is 1. The predicted octanol–water partition coefficient (Wildman–Crippen LogP) is 1.46. The molecule has 0 aliphatic carbocycles. The van der Waals surface area contributed by atoms with E-state index < -0.39 is 16.0 Å². The number of carboxylic acids is 1. The number of nitrogens with one attached hydrogen (secondary N) is 1. The molecule has 1 aliphatic heterocycles. The summed E-state index contributed by atoms with van der Waals surface area (Å²) in [6, 6.07) is 12.3. The van der Waals surface area contributed by atoms with Crippen LogP contribution < -0.4 is 14.7 Å². The number of benzene rings is 2. The molecule has 1 saturated heterocycles. The fraction of sp³-hybridized carbons (Fsp3) is 0.316. The number of hydrogen-bond acceptors (Lipinski definition) is 6. The largest absolute Gasteiger partial charge is 0.545 e. The molecule has 0 spiro atoms. The summed E-state index contributed by atoms with van der Waals surface area (Å²) in [5.41, 5.74) is 0.584. The third-order valence-electron chi connectivity index (χ3n) is 4.28. The highest BCUT2D eigenvalue weighted by Crippen LogP contribution is 2.28. The van der Waals surface area contributed by atoms with Crippen molar-refractivity contribution in [2.75, 3.05) is 22.7 Å². The van der Waals surface area contributed by atoms with Gasteiger partial charge in [-0.2, -0.15) is 0 Å². The van der Waals surface area contributed by atoms with E-state index in [2.05, 4.69) is 4.72 Å². The highest BCUT2D eigenvalue weighted by molar-refractivity contribution is 7.92. The minimum Gasteiger partial charge on any atom is -0.545 e. The molecular weight excluding hydrogens is 368 g/mol. The van der Waals surface area contributed by atoms with E-state index in [0.29, 0.717) is 18.8 Å². The van der Waals surface area contributed by atoms with Crippen LogP contribution in [0.5, 0.6) is 0 Å². The van der Waals surface area contributed by atoms with Crippen molar-refractivity contribution in [1.29, 1.82) is 0 Å². The number of carboxylic acid groups (broad SMARTS) is 1. The predicted molar refractivity (Wildman–Crippen MR) is 100 cm³/mol. The van der Waals surface area contributed by atoms with Crippen LogP contribution in [-0.2, 0) is 14.8 Å². The number of hydrogen-bond donors (Lipinski definition) is 1. The molecule has 1 heterocycles. The van der Waals surface area contributed by atoms with Gasteiger partial charge in [0.05, 0.1) is 23.1 Å². The Morgan fingerprint density at radius 1 is 1.11 bits per heavy atom. The number of aromatic carboxylic acids is 1. The zero-order valence-electron chi connectivity index (χ0n) is 15.1. The fourth-order valence-corrected chi connectivity index (χ4v) is 4.30. The lowest BCUT2D eigenvalue weighted by Gasteiger charge is -2.38. The Morgan fingerprint density at radius 2 is 1.74 bits per heavy atom. The lowest BCUT2D eigenvalue weighted by atomic mass is 10.1. The second kappa shape index (κ2) is 7.58. The number of rotatable bonds is 5. The maximum absolute atomic E-state index is 12.5. The Morgan fingerprint density at radius 3 is 2.33 bits per heavy atom. The molecule has 1 fully saturated rings. The summed E-state index contributed by atoms with van der Waals surface area (Å²) in [4.78, 5) is 13.7. The molecule has 0 bridgehead atoms. The van der Waals surface area contributed by atoms with Crippen LogP contribution in [0.25, 0.3) is 0 Å². The second-order valence-corrected chi connectivity index (χ2v) is 8.28. The number of ether oxygens (including phenoxy) is 1. The van der Waals surface area contributed by atoms with Gasteiger partial charge in [0.1, 0.15) is 0 Å². The van der Waals surface area contributed by atoms with Crippen LogP contribution in [0.3, 0.4) is 0 Å². The van der Waals surface area contributed by atoms with Gasteiger partial charge >= 0.3 is 0 Å². The zero-order valence-corrected chi connectivity index (χ0v) is 15.9. The van der Waals surface area contributed by atoms with E-state index in [4.69, 9.17) is 4.74 Å². The Balaban J connectivity index is 1.91. The summed E-state index contributed by atoms with van der Waals surface area (Å²) in [5, 5.41) is 11.7. The van der Waals surface area contributed by atoms with Gasteiger partial charge in [-0.3, -0.25) is 4.72 Å². The minimum absolute atomic E-state index is 0.0420. The van der Waals surface area contributed by atoms with Gasteiger partial charge in [0, 0.05) is 30.0 Å². The van der Waals surface area contributed by atoms with Crippen molar-refractivity contribution in [2.24, 2.45) is 0 Å². The first-order valence-corrected chi connectivity index (χ1v) is 10.1. The van der Waals surface area contributed by atoms with Crippen LogP contribution in [0, 0.1) is 0 Å². The van der Waals surface area contributed by atoms with Crippen molar-refractivity contribution in [3.05, 3.63) is 54.1 Å². The van der Waals surface area contributed by atoms with Gasteiger partial charge in [-0.15, -0.1) is 0 Å². The molecule has 0 unspecified atom stereocenters. The molecule has 8 heteroatoms. The van der Waals surface area contributed by atoms with Gasteiger partial charge in [0.25, 0.3) is 10.0 Å². The molecule has 1 N–H and O–H groups in total. The fourth-order valence-electron chi connectivity index (χ4n) is 3.23. The van der Waals surface area contributed by atoms with Crippen LogP contribution in [0.4, 0.5) is 11.4 Å². The van der Waals surface area contributed by atoms with E-state index in [-0.39, 0.29) is 28.4 Å². The van der Waals surface area contributed by atoms with E-state index >= 15 is 0 Å². The molecule has 0 saturated carbocycles. The molecule has 0 amide bonds. The number of carbonyl (C=O) groups is 1. The second-order valence-electron chi connectivity index (χ2n) is 6.60. The van der Waals surface area contributed by atoms with E-state index in [1.165, 1.54) is 18.2 Å². The molecule has 2 aromatic rings. The lowest BCUT2D eigenvalue weighted by molar-refractivity contribution is -0.254. The van der Waals surface area contributed by atoms with Gasteiger partial charge in [-0.05, 0) is 44.2 Å². The van der Waals surface area contributed by atoms with Gasteiger partial charge in [0.15, 0.2) is 0 Å². The SMILES string of the molecule is C[C@@H]1CN(c2ccc(NS(=O)(=O)c3ccccc3)cc2C(=O)[O-])C[C@@H](C)O1. The smallest absolute Gasteiger partial charge is 0.261 e. The molecule has 3 rings (SSSR count). The highest BCUT2D eigenvalue weighted by atomic mass is 32.2. The van der Waals surface area contributed by atoms with Crippen LogP contribution >= 0.6 is 0 Å². The lowest BCUT2D eigenvalue weighted by Crippen LogP contribution is -2.46. The Labute approximate surface area is 158 Å². The van der Waals surface area contributed by atoms with Gasteiger partial charge in [0.2, 0.25) is 0 Å². The maximum atomic E-state index is 12.5. The highest BCUT2D eigenvalue weighted by Gasteiger charge is 2.24. The number of anilines is 2.